The first-order valence-electron chi connectivity index (χ1n) is 7.60. The number of rotatable bonds is 3. The third-order valence-corrected chi connectivity index (χ3v) is 5.98. The molecular formula is C16H13F3N4O2S. The summed E-state index contributed by atoms with van der Waals surface area (Å²) in [6.07, 6.45) is 1.52. The standard InChI is InChI=1S/C16H13F3N4O2S/c17-12-3-4-13(15(19)14(12)18)26(24,25)23-8-6-22(7-9-23)16-11(10-20)2-1-5-21-16/h1-5H,6-9H2. The van der Waals surface area contributed by atoms with E-state index < -0.39 is 32.4 Å². The highest BCUT2D eigenvalue weighted by Crippen LogP contribution is 2.25. The Hall–Kier alpha value is -2.64. The van der Waals surface area contributed by atoms with Gasteiger partial charge in [0.25, 0.3) is 0 Å². The summed E-state index contributed by atoms with van der Waals surface area (Å²) in [5, 5.41) is 9.13. The van der Waals surface area contributed by atoms with Crippen LogP contribution < -0.4 is 4.90 Å². The highest BCUT2D eigenvalue weighted by Gasteiger charge is 2.33. The molecule has 3 rings (SSSR count). The molecule has 1 aromatic carbocycles. The maximum absolute atomic E-state index is 13.9. The minimum absolute atomic E-state index is 0.0117. The van der Waals surface area contributed by atoms with Gasteiger partial charge in [0, 0.05) is 32.4 Å². The topological polar surface area (TPSA) is 77.3 Å². The molecular weight excluding hydrogens is 369 g/mol. The molecule has 1 saturated heterocycles. The zero-order valence-electron chi connectivity index (χ0n) is 13.4. The molecule has 0 atom stereocenters. The van der Waals surface area contributed by atoms with E-state index in [4.69, 9.17) is 5.26 Å². The Morgan fingerprint density at radius 2 is 1.73 bits per heavy atom. The molecule has 0 N–H and O–H groups in total. The van der Waals surface area contributed by atoms with Crippen molar-refractivity contribution in [2.75, 3.05) is 31.1 Å². The van der Waals surface area contributed by atoms with Crippen molar-refractivity contribution in [2.45, 2.75) is 4.90 Å². The molecule has 136 valence electrons. The Kier molecular flexibility index (Phi) is 4.84. The van der Waals surface area contributed by atoms with Gasteiger partial charge in [0.15, 0.2) is 17.5 Å². The van der Waals surface area contributed by atoms with Crippen LogP contribution in [0.1, 0.15) is 5.56 Å². The number of benzene rings is 1. The number of anilines is 1. The quantitative estimate of drug-likeness (QED) is 0.758. The van der Waals surface area contributed by atoms with E-state index in [2.05, 4.69) is 4.98 Å². The van der Waals surface area contributed by atoms with Gasteiger partial charge in [0.05, 0.1) is 5.56 Å². The minimum Gasteiger partial charge on any atom is -0.353 e. The third-order valence-electron chi connectivity index (χ3n) is 4.06. The first-order chi connectivity index (χ1) is 12.4. The zero-order valence-corrected chi connectivity index (χ0v) is 14.2. The van der Waals surface area contributed by atoms with E-state index in [1.54, 1.807) is 17.0 Å². The number of aromatic nitrogens is 1. The molecule has 1 aliphatic rings. The number of nitriles is 1. The number of pyridine rings is 1. The Morgan fingerprint density at radius 1 is 1.04 bits per heavy atom. The average molecular weight is 382 g/mol. The molecule has 1 fully saturated rings. The van der Waals surface area contributed by atoms with Crippen LogP contribution in [0.4, 0.5) is 19.0 Å². The molecule has 0 unspecified atom stereocenters. The third kappa shape index (κ3) is 3.11. The maximum atomic E-state index is 13.9. The maximum Gasteiger partial charge on any atom is 0.246 e. The van der Waals surface area contributed by atoms with Gasteiger partial charge in [-0.2, -0.15) is 9.57 Å². The summed E-state index contributed by atoms with van der Waals surface area (Å²) in [6, 6.07) is 6.52. The summed E-state index contributed by atoms with van der Waals surface area (Å²) in [7, 11) is -4.31. The SMILES string of the molecule is N#Cc1cccnc1N1CCN(S(=O)(=O)c2ccc(F)c(F)c2F)CC1. The van der Waals surface area contributed by atoms with Crippen LogP contribution >= 0.6 is 0 Å². The summed E-state index contributed by atoms with van der Waals surface area (Å²) in [4.78, 5) is 4.98. The number of hydrogen-bond donors (Lipinski definition) is 0. The largest absolute Gasteiger partial charge is 0.353 e. The molecule has 6 nitrogen and oxygen atoms in total. The fourth-order valence-corrected chi connectivity index (χ4v) is 4.20. The van der Waals surface area contributed by atoms with E-state index in [1.807, 2.05) is 6.07 Å². The Balaban J connectivity index is 1.82. The molecule has 1 aromatic heterocycles. The summed E-state index contributed by atoms with van der Waals surface area (Å²) in [5.74, 6) is -4.57. The summed E-state index contributed by atoms with van der Waals surface area (Å²) in [6.45, 7) is 0.414. The fourth-order valence-electron chi connectivity index (χ4n) is 2.72. The van der Waals surface area contributed by atoms with E-state index in [9.17, 15) is 21.6 Å². The zero-order chi connectivity index (χ0) is 18.9. The molecule has 0 aliphatic carbocycles. The number of piperazine rings is 1. The second-order valence-electron chi connectivity index (χ2n) is 5.55. The van der Waals surface area contributed by atoms with E-state index in [1.165, 1.54) is 6.20 Å². The average Bonchev–Trinajstić information content (AvgIpc) is 2.66. The van der Waals surface area contributed by atoms with Gasteiger partial charge in [-0.15, -0.1) is 0 Å². The number of nitrogens with zero attached hydrogens (tertiary/aromatic N) is 4. The van der Waals surface area contributed by atoms with Gasteiger partial charge in [0.2, 0.25) is 10.0 Å². The van der Waals surface area contributed by atoms with Crippen LogP contribution in [-0.4, -0.2) is 43.9 Å². The van der Waals surface area contributed by atoms with Crippen molar-refractivity contribution in [3.8, 4) is 6.07 Å². The molecule has 0 amide bonds. The number of sulfonamides is 1. The van der Waals surface area contributed by atoms with Crippen molar-refractivity contribution in [3.63, 3.8) is 0 Å². The molecule has 10 heteroatoms. The molecule has 0 spiro atoms. The predicted octanol–water partition coefficient (Wildman–Crippen LogP) is 1.88. The van der Waals surface area contributed by atoms with Crippen LogP contribution in [0.2, 0.25) is 0 Å². The highest BCUT2D eigenvalue weighted by molar-refractivity contribution is 7.89. The molecule has 1 aliphatic heterocycles. The Morgan fingerprint density at radius 3 is 2.38 bits per heavy atom. The van der Waals surface area contributed by atoms with Crippen molar-refractivity contribution < 1.29 is 21.6 Å². The first kappa shape index (κ1) is 18.2. The molecule has 26 heavy (non-hydrogen) atoms. The molecule has 0 radical (unpaired) electrons. The van der Waals surface area contributed by atoms with Crippen LogP contribution in [0.3, 0.4) is 0 Å². The second-order valence-corrected chi connectivity index (χ2v) is 7.46. The van der Waals surface area contributed by atoms with Gasteiger partial charge >= 0.3 is 0 Å². The minimum atomic E-state index is -4.31. The summed E-state index contributed by atoms with van der Waals surface area (Å²) in [5.41, 5.74) is 0.357. The second kappa shape index (κ2) is 6.93. The smallest absolute Gasteiger partial charge is 0.246 e. The number of halogens is 3. The number of hydrogen-bond acceptors (Lipinski definition) is 5. The normalized spacial score (nSPS) is 15.7. The van der Waals surface area contributed by atoms with Crippen LogP contribution in [-0.2, 0) is 10.0 Å². The van der Waals surface area contributed by atoms with Gasteiger partial charge in [0.1, 0.15) is 16.8 Å². The predicted molar refractivity (Wildman–Crippen MR) is 86.2 cm³/mol. The molecule has 0 saturated carbocycles. The Bertz CT molecular complexity index is 983. The van der Waals surface area contributed by atoms with E-state index >= 15 is 0 Å². The van der Waals surface area contributed by atoms with Gasteiger partial charge in [-0.25, -0.2) is 26.6 Å². The first-order valence-corrected chi connectivity index (χ1v) is 9.04. The lowest BCUT2D eigenvalue weighted by atomic mass is 10.2. The van der Waals surface area contributed by atoms with Gasteiger partial charge in [-0.05, 0) is 24.3 Å². The lowest BCUT2D eigenvalue weighted by molar-refractivity contribution is 0.376. The van der Waals surface area contributed by atoms with Crippen molar-refractivity contribution in [1.82, 2.24) is 9.29 Å². The van der Waals surface area contributed by atoms with Crippen molar-refractivity contribution in [1.29, 1.82) is 5.26 Å². The summed E-state index contributed by atoms with van der Waals surface area (Å²) >= 11 is 0. The summed E-state index contributed by atoms with van der Waals surface area (Å²) < 4.78 is 66.4. The lowest BCUT2D eigenvalue weighted by Crippen LogP contribution is -2.49. The lowest BCUT2D eigenvalue weighted by Gasteiger charge is -2.35. The van der Waals surface area contributed by atoms with Crippen molar-refractivity contribution in [3.05, 3.63) is 53.5 Å². The van der Waals surface area contributed by atoms with Crippen LogP contribution in [0.25, 0.3) is 0 Å². The van der Waals surface area contributed by atoms with Crippen LogP contribution in [0.15, 0.2) is 35.4 Å². The van der Waals surface area contributed by atoms with Gasteiger partial charge in [-0.3, -0.25) is 0 Å². The van der Waals surface area contributed by atoms with Crippen LogP contribution in [0, 0.1) is 28.8 Å². The fraction of sp³-hybridized carbons (Fsp3) is 0.250. The molecule has 2 heterocycles. The molecule has 0 bridgehead atoms. The van der Waals surface area contributed by atoms with E-state index in [0.717, 1.165) is 4.31 Å². The van der Waals surface area contributed by atoms with Gasteiger partial charge in [-0.1, -0.05) is 0 Å². The van der Waals surface area contributed by atoms with Crippen molar-refractivity contribution in [2.24, 2.45) is 0 Å². The molecule has 2 aromatic rings. The monoisotopic (exact) mass is 382 g/mol. The van der Waals surface area contributed by atoms with Crippen molar-refractivity contribution >= 4 is 15.8 Å². The van der Waals surface area contributed by atoms with Gasteiger partial charge < -0.3 is 4.90 Å². The van der Waals surface area contributed by atoms with Crippen LogP contribution in [0.5, 0.6) is 0 Å². The highest BCUT2D eigenvalue weighted by atomic mass is 32.2. The van der Waals surface area contributed by atoms with E-state index in [-0.39, 0.29) is 26.2 Å². The van der Waals surface area contributed by atoms with E-state index in [0.29, 0.717) is 23.5 Å². The Labute approximate surface area is 148 Å².